The van der Waals surface area contributed by atoms with Crippen LogP contribution in [0, 0.1) is 0 Å². The molecule has 0 saturated heterocycles. The van der Waals surface area contributed by atoms with E-state index in [4.69, 9.17) is 9.47 Å². The standard InChI is InChI=1S/C19H25NO4S/c1-15(16-5-11-19(12-6-16)25(4,21)22)20(2)13-14-24-18-9-7-17(23-3)8-10-18/h5-12,15H,13-14H2,1-4H3/t15-/m1/s1. The van der Waals surface area contributed by atoms with Gasteiger partial charge in [-0.25, -0.2) is 8.42 Å². The van der Waals surface area contributed by atoms with Crippen molar-refractivity contribution < 1.29 is 17.9 Å². The average Bonchev–Trinajstić information content (AvgIpc) is 2.61. The van der Waals surface area contributed by atoms with Crippen LogP contribution in [-0.4, -0.2) is 46.9 Å². The first kappa shape index (κ1) is 19.3. The maximum Gasteiger partial charge on any atom is 0.175 e. The normalized spacial score (nSPS) is 12.8. The first-order chi connectivity index (χ1) is 11.8. The fraction of sp³-hybridized carbons (Fsp3) is 0.368. The van der Waals surface area contributed by atoms with Crippen molar-refractivity contribution in [2.75, 3.05) is 33.6 Å². The Morgan fingerprint density at radius 3 is 2.08 bits per heavy atom. The number of likely N-dealkylation sites (N-methyl/N-ethyl adjacent to an activating group) is 1. The van der Waals surface area contributed by atoms with E-state index in [1.165, 1.54) is 6.26 Å². The molecule has 0 heterocycles. The van der Waals surface area contributed by atoms with Crippen molar-refractivity contribution in [1.82, 2.24) is 4.90 Å². The Bertz CT molecular complexity index is 770. The number of hydrogen-bond donors (Lipinski definition) is 0. The molecule has 0 saturated carbocycles. The quantitative estimate of drug-likeness (QED) is 0.721. The van der Waals surface area contributed by atoms with E-state index in [2.05, 4.69) is 11.8 Å². The Kier molecular flexibility index (Phi) is 6.45. The highest BCUT2D eigenvalue weighted by Gasteiger charge is 2.13. The topological polar surface area (TPSA) is 55.8 Å². The molecule has 0 aliphatic carbocycles. The number of rotatable bonds is 8. The van der Waals surface area contributed by atoms with E-state index in [9.17, 15) is 8.42 Å². The van der Waals surface area contributed by atoms with Crippen molar-refractivity contribution in [3.63, 3.8) is 0 Å². The highest BCUT2D eigenvalue weighted by atomic mass is 32.2. The second-order valence-corrected chi connectivity index (χ2v) is 8.04. The van der Waals surface area contributed by atoms with Crippen LogP contribution in [0.4, 0.5) is 0 Å². The minimum absolute atomic E-state index is 0.160. The van der Waals surface area contributed by atoms with Crippen LogP contribution in [-0.2, 0) is 9.84 Å². The number of sulfone groups is 1. The van der Waals surface area contributed by atoms with Crippen LogP contribution >= 0.6 is 0 Å². The minimum Gasteiger partial charge on any atom is -0.497 e. The second kappa shape index (κ2) is 8.36. The highest BCUT2D eigenvalue weighted by Crippen LogP contribution is 2.21. The molecule has 0 aromatic heterocycles. The SMILES string of the molecule is COc1ccc(OCCN(C)[C@H](C)c2ccc(S(C)(=O)=O)cc2)cc1. The molecule has 0 fully saturated rings. The van der Waals surface area contributed by atoms with Gasteiger partial charge in [-0.2, -0.15) is 0 Å². The maximum absolute atomic E-state index is 11.5. The summed E-state index contributed by atoms with van der Waals surface area (Å²) in [6, 6.07) is 14.7. The number of hydrogen-bond acceptors (Lipinski definition) is 5. The molecule has 1 atom stereocenters. The lowest BCUT2D eigenvalue weighted by Crippen LogP contribution is -2.27. The van der Waals surface area contributed by atoms with Crippen LogP contribution in [0.15, 0.2) is 53.4 Å². The van der Waals surface area contributed by atoms with Gasteiger partial charge < -0.3 is 9.47 Å². The first-order valence-electron chi connectivity index (χ1n) is 8.08. The van der Waals surface area contributed by atoms with Crippen LogP contribution in [0.25, 0.3) is 0 Å². The number of methoxy groups -OCH3 is 1. The molecule has 0 aliphatic heterocycles. The largest absolute Gasteiger partial charge is 0.497 e. The summed E-state index contributed by atoms with van der Waals surface area (Å²) in [4.78, 5) is 2.51. The molecule has 0 amide bonds. The van der Waals surface area contributed by atoms with Crippen molar-refractivity contribution in [3.05, 3.63) is 54.1 Å². The predicted molar refractivity (Wildman–Crippen MR) is 99.1 cm³/mol. The lowest BCUT2D eigenvalue weighted by Gasteiger charge is -2.25. The van der Waals surface area contributed by atoms with E-state index in [-0.39, 0.29) is 6.04 Å². The fourth-order valence-corrected chi connectivity index (χ4v) is 3.05. The summed E-state index contributed by atoms with van der Waals surface area (Å²) in [5.41, 5.74) is 1.07. The molecule has 25 heavy (non-hydrogen) atoms. The van der Waals surface area contributed by atoms with Gasteiger partial charge in [-0.1, -0.05) is 12.1 Å². The van der Waals surface area contributed by atoms with E-state index in [0.717, 1.165) is 23.6 Å². The Balaban J connectivity index is 1.88. The van der Waals surface area contributed by atoms with Crippen molar-refractivity contribution in [2.45, 2.75) is 17.9 Å². The molecule has 2 aromatic rings. The van der Waals surface area contributed by atoms with Gasteiger partial charge in [-0.05, 0) is 55.9 Å². The van der Waals surface area contributed by atoms with Crippen LogP contribution in [0.5, 0.6) is 11.5 Å². The molecule has 5 nitrogen and oxygen atoms in total. The number of ether oxygens (including phenoxy) is 2. The summed E-state index contributed by atoms with van der Waals surface area (Å²) in [5.74, 6) is 1.61. The molecule has 2 rings (SSSR count). The molecule has 0 aliphatic rings. The summed E-state index contributed by atoms with van der Waals surface area (Å²) in [5, 5.41) is 0. The third-order valence-electron chi connectivity index (χ3n) is 4.22. The van der Waals surface area contributed by atoms with Crippen LogP contribution in [0.1, 0.15) is 18.5 Å². The van der Waals surface area contributed by atoms with E-state index in [1.54, 1.807) is 19.2 Å². The van der Waals surface area contributed by atoms with Gasteiger partial charge in [0, 0.05) is 18.8 Å². The molecule has 136 valence electrons. The zero-order valence-electron chi connectivity index (χ0n) is 15.1. The smallest absolute Gasteiger partial charge is 0.175 e. The first-order valence-corrected chi connectivity index (χ1v) is 9.97. The molecule has 0 spiro atoms. The molecular weight excluding hydrogens is 338 g/mol. The summed E-state index contributed by atoms with van der Waals surface area (Å²) < 4.78 is 33.9. The Labute approximate surface area is 150 Å². The lowest BCUT2D eigenvalue weighted by atomic mass is 10.1. The average molecular weight is 363 g/mol. The van der Waals surface area contributed by atoms with Crippen LogP contribution in [0.2, 0.25) is 0 Å². The van der Waals surface area contributed by atoms with Gasteiger partial charge in [-0.15, -0.1) is 0 Å². The number of benzene rings is 2. The third kappa shape index (κ3) is 5.47. The van der Waals surface area contributed by atoms with Gasteiger partial charge in [0.1, 0.15) is 18.1 Å². The van der Waals surface area contributed by atoms with Crippen LogP contribution in [0.3, 0.4) is 0 Å². The lowest BCUT2D eigenvalue weighted by molar-refractivity contribution is 0.201. The molecule has 0 bridgehead atoms. The summed E-state index contributed by atoms with van der Waals surface area (Å²) in [6.07, 6.45) is 1.22. The van der Waals surface area contributed by atoms with Gasteiger partial charge >= 0.3 is 0 Å². The van der Waals surface area contributed by atoms with Crippen molar-refractivity contribution >= 4 is 9.84 Å². The van der Waals surface area contributed by atoms with Crippen molar-refractivity contribution in [1.29, 1.82) is 0 Å². The predicted octanol–water partition coefficient (Wildman–Crippen LogP) is 3.17. The summed E-state index contributed by atoms with van der Waals surface area (Å²) >= 11 is 0. The molecular formula is C19H25NO4S. The van der Waals surface area contributed by atoms with E-state index >= 15 is 0 Å². The zero-order chi connectivity index (χ0) is 18.4. The van der Waals surface area contributed by atoms with E-state index in [1.807, 2.05) is 43.4 Å². The Hall–Kier alpha value is -2.05. The maximum atomic E-state index is 11.5. The third-order valence-corrected chi connectivity index (χ3v) is 5.35. The Morgan fingerprint density at radius 1 is 1.00 bits per heavy atom. The van der Waals surface area contributed by atoms with Crippen LogP contribution < -0.4 is 9.47 Å². The van der Waals surface area contributed by atoms with Gasteiger partial charge in [0.05, 0.1) is 12.0 Å². The molecule has 6 heteroatoms. The van der Waals surface area contributed by atoms with Gasteiger partial charge in [0.15, 0.2) is 9.84 Å². The molecule has 2 aromatic carbocycles. The summed E-state index contributed by atoms with van der Waals surface area (Å²) in [6.45, 7) is 3.40. The monoisotopic (exact) mass is 363 g/mol. The molecule has 0 unspecified atom stereocenters. The minimum atomic E-state index is -3.16. The zero-order valence-corrected chi connectivity index (χ0v) is 15.9. The van der Waals surface area contributed by atoms with Crippen molar-refractivity contribution in [2.24, 2.45) is 0 Å². The molecule has 0 radical (unpaired) electrons. The number of nitrogens with zero attached hydrogens (tertiary/aromatic N) is 1. The second-order valence-electron chi connectivity index (χ2n) is 6.02. The highest BCUT2D eigenvalue weighted by molar-refractivity contribution is 7.90. The van der Waals surface area contributed by atoms with E-state index < -0.39 is 9.84 Å². The molecule has 0 N–H and O–H groups in total. The Morgan fingerprint density at radius 2 is 1.56 bits per heavy atom. The van der Waals surface area contributed by atoms with E-state index in [0.29, 0.717) is 11.5 Å². The fourth-order valence-electron chi connectivity index (χ4n) is 2.42. The van der Waals surface area contributed by atoms with Gasteiger partial charge in [0.25, 0.3) is 0 Å². The van der Waals surface area contributed by atoms with Gasteiger partial charge in [-0.3, -0.25) is 4.90 Å². The summed E-state index contributed by atoms with van der Waals surface area (Å²) in [7, 11) is 0.496. The van der Waals surface area contributed by atoms with Crippen molar-refractivity contribution in [3.8, 4) is 11.5 Å². The van der Waals surface area contributed by atoms with Gasteiger partial charge in [0.2, 0.25) is 0 Å².